The SMILES string of the molecule is [C-]#[N+]C[C@H]1CN(c2nc(OC[C@@H]3CCCN3C)nc3cc(-c4cccc5c4SCCC5)c(F)cc23)CCN1C(=O)C=C. The van der Waals surface area contributed by atoms with Gasteiger partial charge in [-0.1, -0.05) is 24.8 Å². The molecule has 0 radical (unpaired) electrons. The maximum Gasteiger partial charge on any atom is 0.319 e. The first kappa shape index (κ1) is 28.4. The highest BCUT2D eigenvalue weighted by atomic mass is 32.2. The number of aryl methyl sites for hydroxylation is 1. The molecule has 3 aliphatic rings. The van der Waals surface area contributed by atoms with E-state index >= 15 is 4.39 Å². The number of halogens is 1. The maximum absolute atomic E-state index is 16.0. The molecule has 4 heterocycles. The fraction of sp³-hybridized carbons (Fsp3) is 0.438. The number of nitrogens with zero attached hydrogens (tertiary/aromatic N) is 6. The minimum Gasteiger partial charge on any atom is -0.462 e. The van der Waals surface area contributed by atoms with Crippen LogP contribution in [-0.4, -0.2) is 89.9 Å². The van der Waals surface area contributed by atoms with Gasteiger partial charge >= 0.3 is 6.01 Å². The van der Waals surface area contributed by atoms with E-state index in [2.05, 4.69) is 29.4 Å². The van der Waals surface area contributed by atoms with Crippen LogP contribution in [0.1, 0.15) is 24.8 Å². The molecule has 2 saturated heterocycles. The summed E-state index contributed by atoms with van der Waals surface area (Å²) in [4.78, 5) is 32.8. The zero-order chi connectivity index (χ0) is 29.2. The Balaban J connectivity index is 1.42. The molecule has 0 aliphatic carbocycles. The van der Waals surface area contributed by atoms with Crippen molar-refractivity contribution in [2.75, 3.05) is 57.0 Å². The van der Waals surface area contributed by atoms with E-state index in [-0.39, 0.29) is 30.3 Å². The number of thioether (sulfide) groups is 1. The lowest BCUT2D eigenvalue weighted by Gasteiger charge is -2.39. The number of aromatic nitrogens is 2. The number of anilines is 1. The van der Waals surface area contributed by atoms with Gasteiger partial charge in [-0.05, 0) is 74.4 Å². The fourth-order valence-corrected chi connectivity index (χ4v) is 7.48. The number of hydrogen-bond acceptors (Lipinski definition) is 7. The number of amides is 1. The van der Waals surface area contributed by atoms with Gasteiger partial charge in [-0.3, -0.25) is 4.79 Å². The van der Waals surface area contributed by atoms with E-state index < -0.39 is 0 Å². The predicted molar refractivity (Wildman–Crippen MR) is 165 cm³/mol. The third-order valence-electron chi connectivity index (χ3n) is 8.59. The van der Waals surface area contributed by atoms with Gasteiger partial charge in [-0.25, -0.2) is 11.0 Å². The van der Waals surface area contributed by atoms with Gasteiger partial charge in [0.2, 0.25) is 12.5 Å². The lowest BCUT2D eigenvalue weighted by molar-refractivity contribution is -0.128. The molecule has 3 aromatic rings. The third-order valence-corrected chi connectivity index (χ3v) is 9.85. The molecule has 2 aromatic carbocycles. The molecule has 2 atom stereocenters. The largest absolute Gasteiger partial charge is 0.462 e. The molecule has 0 saturated carbocycles. The van der Waals surface area contributed by atoms with Crippen LogP contribution in [0.3, 0.4) is 0 Å². The van der Waals surface area contributed by atoms with E-state index in [1.165, 1.54) is 17.7 Å². The van der Waals surface area contributed by atoms with Gasteiger partial charge in [0, 0.05) is 41.5 Å². The van der Waals surface area contributed by atoms with Crippen molar-refractivity contribution in [1.82, 2.24) is 19.8 Å². The number of carbonyl (C=O) groups is 1. The van der Waals surface area contributed by atoms with Gasteiger partial charge in [-0.2, -0.15) is 9.97 Å². The summed E-state index contributed by atoms with van der Waals surface area (Å²) in [6.45, 7) is 14.0. The quantitative estimate of drug-likeness (QED) is 0.283. The molecule has 0 spiro atoms. The molecule has 0 unspecified atom stereocenters. The molecule has 6 rings (SSSR count). The first-order valence-corrected chi connectivity index (χ1v) is 15.6. The summed E-state index contributed by atoms with van der Waals surface area (Å²) < 4.78 is 22.2. The Kier molecular flexibility index (Phi) is 8.31. The average molecular weight is 587 g/mol. The Morgan fingerprint density at radius 1 is 1.21 bits per heavy atom. The van der Waals surface area contributed by atoms with E-state index in [1.54, 1.807) is 16.7 Å². The van der Waals surface area contributed by atoms with Crippen molar-refractivity contribution in [1.29, 1.82) is 0 Å². The van der Waals surface area contributed by atoms with Crippen molar-refractivity contribution in [3.63, 3.8) is 0 Å². The second-order valence-electron chi connectivity index (χ2n) is 11.2. The van der Waals surface area contributed by atoms with Crippen LogP contribution in [0.2, 0.25) is 0 Å². The van der Waals surface area contributed by atoms with E-state index in [1.807, 2.05) is 23.1 Å². The van der Waals surface area contributed by atoms with Crippen molar-refractivity contribution in [2.45, 2.75) is 42.7 Å². The lowest BCUT2D eigenvalue weighted by atomic mass is 9.98. The van der Waals surface area contributed by atoms with Crippen molar-refractivity contribution >= 4 is 34.4 Å². The minimum atomic E-state index is -0.333. The first-order chi connectivity index (χ1) is 20.5. The fourth-order valence-electron chi connectivity index (χ4n) is 6.30. The number of piperazine rings is 1. The highest BCUT2D eigenvalue weighted by molar-refractivity contribution is 7.99. The van der Waals surface area contributed by atoms with Crippen LogP contribution in [0.15, 0.2) is 47.9 Å². The van der Waals surface area contributed by atoms with Gasteiger partial charge in [0.1, 0.15) is 24.3 Å². The number of benzene rings is 2. The summed E-state index contributed by atoms with van der Waals surface area (Å²) in [7, 11) is 2.10. The van der Waals surface area contributed by atoms with Crippen LogP contribution >= 0.6 is 11.8 Å². The Morgan fingerprint density at radius 2 is 2.10 bits per heavy atom. The number of hydrogen-bond donors (Lipinski definition) is 0. The van der Waals surface area contributed by atoms with Crippen molar-refractivity contribution in [2.24, 2.45) is 0 Å². The molecule has 218 valence electrons. The topological polar surface area (TPSA) is 66.2 Å². The maximum atomic E-state index is 16.0. The number of likely N-dealkylation sites (tertiary alicyclic amines) is 1. The van der Waals surface area contributed by atoms with Crippen LogP contribution in [0.25, 0.3) is 26.9 Å². The molecular formula is C32H35FN6O2S. The van der Waals surface area contributed by atoms with Crippen molar-refractivity contribution in [3.8, 4) is 17.1 Å². The van der Waals surface area contributed by atoms with Gasteiger partial charge in [0.25, 0.3) is 0 Å². The van der Waals surface area contributed by atoms with Crippen LogP contribution in [-0.2, 0) is 11.2 Å². The summed E-state index contributed by atoms with van der Waals surface area (Å²) in [5.74, 6) is 1.06. The monoisotopic (exact) mass is 586 g/mol. The summed E-state index contributed by atoms with van der Waals surface area (Å²) >= 11 is 1.78. The normalized spacial score (nSPS) is 20.8. The van der Waals surface area contributed by atoms with E-state index in [9.17, 15) is 4.79 Å². The average Bonchev–Trinajstić information content (AvgIpc) is 3.43. The van der Waals surface area contributed by atoms with Gasteiger partial charge in [-0.15, -0.1) is 11.8 Å². The molecule has 1 amide bonds. The van der Waals surface area contributed by atoms with E-state index in [0.29, 0.717) is 54.6 Å². The molecule has 10 heteroatoms. The molecule has 3 aliphatic heterocycles. The molecule has 1 aromatic heterocycles. The summed E-state index contributed by atoms with van der Waals surface area (Å²) in [5.41, 5.74) is 3.28. The summed E-state index contributed by atoms with van der Waals surface area (Å²) in [5, 5.41) is 0.587. The van der Waals surface area contributed by atoms with Gasteiger partial charge in [0.15, 0.2) is 0 Å². The van der Waals surface area contributed by atoms with E-state index in [4.69, 9.17) is 21.3 Å². The summed E-state index contributed by atoms with van der Waals surface area (Å²) in [6, 6.07) is 9.69. The van der Waals surface area contributed by atoms with Crippen LogP contribution in [0.4, 0.5) is 10.2 Å². The highest BCUT2D eigenvalue weighted by Crippen LogP contribution is 2.41. The molecule has 0 bridgehead atoms. The molecule has 2 fully saturated rings. The third kappa shape index (κ3) is 5.55. The molecule has 0 N–H and O–H groups in total. The van der Waals surface area contributed by atoms with Gasteiger partial charge < -0.3 is 24.3 Å². The number of likely N-dealkylation sites (N-methyl/N-ethyl adjacent to an activating group) is 1. The van der Waals surface area contributed by atoms with Crippen LogP contribution in [0.5, 0.6) is 6.01 Å². The number of ether oxygens (including phenoxy) is 1. The van der Waals surface area contributed by atoms with Crippen LogP contribution < -0.4 is 9.64 Å². The smallest absolute Gasteiger partial charge is 0.319 e. The van der Waals surface area contributed by atoms with Gasteiger partial charge in [0.05, 0.1) is 5.52 Å². The first-order valence-electron chi connectivity index (χ1n) is 14.6. The van der Waals surface area contributed by atoms with Crippen molar-refractivity contribution < 1.29 is 13.9 Å². The zero-order valence-electron chi connectivity index (χ0n) is 23.9. The number of carbonyl (C=O) groups excluding carboxylic acids is 1. The highest BCUT2D eigenvalue weighted by Gasteiger charge is 2.33. The molecular weight excluding hydrogens is 551 g/mol. The Hall–Kier alpha value is -3.68. The Morgan fingerprint density at radius 3 is 2.88 bits per heavy atom. The second kappa shape index (κ2) is 12.3. The Bertz CT molecular complexity index is 1560. The van der Waals surface area contributed by atoms with Crippen molar-refractivity contribution in [3.05, 3.63) is 65.8 Å². The van der Waals surface area contributed by atoms with Crippen LogP contribution in [0, 0.1) is 12.4 Å². The predicted octanol–water partition coefficient (Wildman–Crippen LogP) is 5.07. The lowest BCUT2D eigenvalue weighted by Crippen LogP contribution is -2.56. The molecule has 42 heavy (non-hydrogen) atoms. The zero-order valence-corrected chi connectivity index (χ0v) is 24.7. The number of fused-ring (bicyclic) bond motifs is 2. The number of rotatable bonds is 7. The molecule has 8 nitrogen and oxygen atoms in total. The summed E-state index contributed by atoms with van der Waals surface area (Å²) in [6.07, 6.45) is 5.59. The second-order valence-corrected chi connectivity index (χ2v) is 12.3. The Labute approximate surface area is 250 Å². The minimum absolute atomic E-state index is 0.158. The standard InChI is InChI=1S/C32H35FN6O2S/c1-4-29(40)39-14-13-38(19-23(39)18-34-2)31-26-16-27(33)25(24-11-5-8-21-9-7-15-42-30(21)24)17-28(26)35-32(36-31)41-20-22-10-6-12-37(22)3/h4-5,8,11,16-17,22-23H,1,6-7,9-10,12-15,18-20H2,3H3/t22-,23-/m0/s1. The van der Waals surface area contributed by atoms with E-state index in [0.717, 1.165) is 48.4 Å².